The lowest BCUT2D eigenvalue weighted by Crippen LogP contribution is -2.49. The minimum atomic E-state index is -0.149. The Bertz CT molecular complexity index is 136. The fraction of sp³-hybridized carbons (Fsp3) is 1.00. The highest BCUT2D eigenvalue weighted by Gasteiger charge is 2.39. The molecule has 0 aliphatic carbocycles. The first-order chi connectivity index (χ1) is 5.10. The van der Waals surface area contributed by atoms with Crippen molar-refractivity contribution in [3.63, 3.8) is 0 Å². The van der Waals surface area contributed by atoms with Crippen LogP contribution in [0.25, 0.3) is 0 Å². The van der Waals surface area contributed by atoms with Crippen molar-refractivity contribution in [1.82, 2.24) is 4.90 Å². The third-order valence-corrected chi connectivity index (χ3v) is 3.00. The number of hydrogen-bond donors (Lipinski definition) is 2. The molecule has 0 radical (unpaired) electrons. The number of aliphatic hydroxyl groups excluding tert-OH is 1. The Morgan fingerprint density at radius 1 is 1.73 bits per heavy atom. The Hall–Kier alpha value is -0.120. The van der Waals surface area contributed by atoms with E-state index in [1.54, 1.807) is 0 Å². The van der Waals surface area contributed by atoms with Crippen LogP contribution in [0.5, 0.6) is 0 Å². The van der Waals surface area contributed by atoms with Gasteiger partial charge in [-0.05, 0) is 33.4 Å². The van der Waals surface area contributed by atoms with E-state index in [1.807, 2.05) is 0 Å². The highest BCUT2D eigenvalue weighted by Crippen LogP contribution is 2.27. The van der Waals surface area contributed by atoms with Crippen molar-refractivity contribution in [3.05, 3.63) is 0 Å². The first-order valence-corrected chi connectivity index (χ1v) is 4.20. The summed E-state index contributed by atoms with van der Waals surface area (Å²) in [5.41, 5.74) is 5.95. The fourth-order valence-corrected chi connectivity index (χ4v) is 1.77. The number of rotatable bonds is 2. The molecule has 3 N–H and O–H groups in total. The van der Waals surface area contributed by atoms with Gasteiger partial charge in [0.1, 0.15) is 0 Å². The summed E-state index contributed by atoms with van der Waals surface area (Å²) in [4.78, 5) is 2.25. The maximum absolute atomic E-state index is 8.80. The van der Waals surface area contributed by atoms with Gasteiger partial charge in [0, 0.05) is 18.2 Å². The molecule has 3 heteroatoms. The van der Waals surface area contributed by atoms with Crippen molar-refractivity contribution in [2.45, 2.75) is 31.3 Å². The molecular weight excluding hydrogens is 140 g/mol. The minimum Gasteiger partial charge on any atom is -0.396 e. The third-order valence-electron chi connectivity index (χ3n) is 3.00. The Labute approximate surface area is 68.2 Å². The zero-order valence-corrected chi connectivity index (χ0v) is 7.38. The molecule has 0 amide bonds. The van der Waals surface area contributed by atoms with Crippen LogP contribution in [0, 0.1) is 0 Å². The molecule has 66 valence electrons. The number of likely N-dealkylation sites (N-methyl/N-ethyl adjacent to an activating group) is 1. The molecule has 1 aliphatic rings. The standard InChI is InChI=1S/C8H18N2O/c1-7-8(9,4-6-11)3-5-10(7)2/h7,11H,3-6,9H2,1-2H3. The third kappa shape index (κ3) is 1.55. The molecule has 1 saturated heterocycles. The Kier molecular flexibility index (Phi) is 2.52. The normalized spacial score (nSPS) is 39.8. The molecule has 0 spiro atoms. The lowest BCUT2D eigenvalue weighted by Gasteiger charge is -2.30. The summed E-state index contributed by atoms with van der Waals surface area (Å²) < 4.78 is 0. The molecule has 1 rings (SSSR count). The van der Waals surface area contributed by atoms with Crippen LogP contribution in [0.3, 0.4) is 0 Å². The van der Waals surface area contributed by atoms with E-state index in [-0.39, 0.29) is 12.1 Å². The van der Waals surface area contributed by atoms with Crippen LogP contribution >= 0.6 is 0 Å². The summed E-state index contributed by atoms with van der Waals surface area (Å²) in [6, 6.07) is 0.398. The average molecular weight is 158 g/mol. The largest absolute Gasteiger partial charge is 0.396 e. The molecule has 0 aromatic rings. The summed E-state index contributed by atoms with van der Waals surface area (Å²) in [7, 11) is 2.08. The Balaban J connectivity index is 2.57. The van der Waals surface area contributed by atoms with Crippen LogP contribution in [0.1, 0.15) is 19.8 Å². The quantitative estimate of drug-likeness (QED) is 0.584. The molecule has 3 nitrogen and oxygen atoms in total. The maximum atomic E-state index is 8.80. The van der Waals surface area contributed by atoms with Crippen molar-refractivity contribution in [1.29, 1.82) is 0 Å². The Morgan fingerprint density at radius 2 is 2.36 bits per heavy atom. The van der Waals surface area contributed by atoms with E-state index in [0.29, 0.717) is 6.04 Å². The monoisotopic (exact) mass is 158 g/mol. The zero-order valence-electron chi connectivity index (χ0n) is 7.38. The first kappa shape index (κ1) is 8.97. The van der Waals surface area contributed by atoms with Gasteiger partial charge in [0.25, 0.3) is 0 Å². The Morgan fingerprint density at radius 3 is 2.73 bits per heavy atom. The van der Waals surface area contributed by atoms with Gasteiger partial charge in [-0.25, -0.2) is 0 Å². The molecule has 1 aliphatic heterocycles. The summed E-state index contributed by atoms with van der Waals surface area (Å²) in [5.74, 6) is 0. The second-order valence-corrected chi connectivity index (χ2v) is 3.61. The number of nitrogens with two attached hydrogens (primary N) is 1. The summed E-state index contributed by atoms with van der Waals surface area (Å²) in [5, 5.41) is 8.80. The van der Waals surface area contributed by atoms with Gasteiger partial charge in [-0.1, -0.05) is 0 Å². The SMILES string of the molecule is CC1N(C)CCC1(N)CCO. The van der Waals surface area contributed by atoms with Gasteiger partial charge >= 0.3 is 0 Å². The van der Waals surface area contributed by atoms with Gasteiger partial charge in [-0.2, -0.15) is 0 Å². The predicted molar refractivity (Wildman–Crippen MR) is 45.3 cm³/mol. The van der Waals surface area contributed by atoms with Gasteiger partial charge in [0.05, 0.1) is 0 Å². The molecule has 11 heavy (non-hydrogen) atoms. The molecule has 0 aromatic carbocycles. The maximum Gasteiger partial charge on any atom is 0.0449 e. The zero-order chi connectivity index (χ0) is 8.48. The number of likely N-dealkylation sites (tertiary alicyclic amines) is 1. The van der Waals surface area contributed by atoms with Crippen LogP contribution in [0.15, 0.2) is 0 Å². The topological polar surface area (TPSA) is 49.5 Å². The van der Waals surface area contributed by atoms with E-state index < -0.39 is 0 Å². The van der Waals surface area contributed by atoms with E-state index >= 15 is 0 Å². The minimum absolute atomic E-state index is 0.149. The van der Waals surface area contributed by atoms with Gasteiger partial charge in [-0.15, -0.1) is 0 Å². The van der Waals surface area contributed by atoms with E-state index in [1.165, 1.54) is 0 Å². The second kappa shape index (κ2) is 3.09. The molecule has 0 aromatic heterocycles. The lowest BCUT2D eigenvalue weighted by molar-refractivity contribution is 0.201. The van der Waals surface area contributed by atoms with E-state index in [0.717, 1.165) is 19.4 Å². The molecule has 2 atom stereocenters. The van der Waals surface area contributed by atoms with Crippen LogP contribution in [-0.4, -0.2) is 41.8 Å². The summed E-state index contributed by atoms with van der Waals surface area (Å²) in [6.45, 7) is 3.38. The lowest BCUT2D eigenvalue weighted by atomic mass is 9.89. The van der Waals surface area contributed by atoms with Gasteiger partial charge in [0.15, 0.2) is 0 Å². The van der Waals surface area contributed by atoms with Crippen molar-refractivity contribution < 1.29 is 5.11 Å². The summed E-state index contributed by atoms with van der Waals surface area (Å²) in [6.07, 6.45) is 1.73. The molecular formula is C8H18N2O. The smallest absolute Gasteiger partial charge is 0.0449 e. The van der Waals surface area contributed by atoms with Crippen LogP contribution in [-0.2, 0) is 0 Å². The fourth-order valence-electron chi connectivity index (χ4n) is 1.77. The molecule has 1 heterocycles. The van der Waals surface area contributed by atoms with Crippen LogP contribution < -0.4 is 5.73 Å². The number of nitrogens with zero attached hydrogens (tertiary/aromatic N) is 1. The highest BCUT2D eigenvalue weighted by molar-refractivity contribution is 4.99. The highest BCUT2D eigenvalue weighted by atomic mass is 16.3. The predicted octanol–water partition coefficient (Wildman–Crippen LogP) is -0.210. The van der Waals surface area contributed by atoms with Crippen molar-refractivity contribution in [2.75, 3.05) is 20.2 Å². The van der Waals surface area contributed by atoms with E-state index in [4.69, 9.17) is 10.8 Å². The second-order valence-electron chi connectivity index (χ2n) is 3.61. The molecule has 0 saturated carbocycles. The molecule has 0 bridgehead atoms. The van der Waals surface area contributed by atoms with Gasteiger partial charge in [-0.3, -0.25) is 0 Å². The molecule has 1 fully saturated rings. The van der Waals surface area contributed by atoms with Gasteiger partial charge < -0.3 is 15.7 Å². The molecule has 2 unspecified atom stereocenters. The summed E-state index contributed by atoms with van der Waals surface area (Å²) >= 11 is 0. The number of hydrogen-bond acceptors (Lipinski definition) is 3. The van der Waals surface area contributed by atoms with E-state index in [9.17, 15) is 0 Å². The van der Waals surface area contributed by atoms with Crippen molar-refractivity contribution in [3.8, 4) is 0 Å². The average Bonchev–Trinajstić information content (AvgIpc) is 2.19. The van der Waals surface area contributed by atoms with Gasteiger partial charge in [0.2, 0.25) is 0 Å². The van der Waals surface area contributed by atoms with Crippen molar-refractivity contribution in [2.24, 2.45) is 5.73 Å². The van der Waals surface area contributed by atoms with Crippen molar-refractivity contribution >= 4 is 0 Å². The van der Waals surface area contributed by atoms with E-state index in [2.05, 4.69) is 18.9 Å². The van der Waals surface area contributed by atoms with Crippen LogP contribution in [0.2, 0.25) is 0 Å². The number of aliphatic hydroxyl groups is 1. The van der Waals surface area contributed by atoms with Crippen LogP contribution in [0.4, 0.5) is 0 Å². The first-order valence-electron chi connectivity index (χ1n) is 4.20.